The Labute approximate surface area is 214 Å². The lowest BCUT2D eigenvalue weighted by molar-refractivity contribution is -0.0172. The third-order valence-corrected chi connectivity index (χ3v) is 6.30. The van der Waals surface area contributed by atoms with E-state index >= 15 is 0 Å². The zero-order valence-corrected chi connectivity index (χ0v) is 21.9. The molecule has 0 saturated carbocycles. The molecule has 0 radical (unpaired) electrons. The van der Waals surface area contributed by atoms with Gasteiger partial charge in [-0.2, -0.15) is 5.10 Å². The molecule has 1 N–H and O–H groups in total. The maximum Gasteiger partial charge on any atom is 0.222 e. The fourth-order valence-electron chi connectivity index (χ4n) is 4.60. The Hall–Kier alpha value is -2.71. The zero-order chi connectivity index (χ0) is 25.5. The van der Waals surface area contributed by atoms with Crippen molar-refractivity contribution in [3.8, 4) is 22.9 Å². The van der Waals surface area contributed by atoms with Crippen LogP contribution in [0.2, 0.25) is 0 Å². The first-order chi connectivity index (χ1) is 17.4. The summed E-state index contributed by atoms with van der Waals surface area (Å²) < 4.78 is 19.9. The molecule has 7 heteroatoms. The number of aliphatic hydroxyl groups excluding tert-OH is 1. The average Bonchev–Trinajstić information content (AvgIpc) is 3.47. The number of aryl methyl sites for hydroxylation is 2. The fourth-order valence-corrected chi connectivity index (χ4v) is 4.60. The van der Waals surface area contributed by atoms with Gasteiger partial charge in [0.1, 0.15) is 11.4 Å². The average molecular weight is 494 g/mol. The molecule has 194 valence electrons. The van der Waals surface area contributed by atoms with Crippen molar-refractivity contribution < 1.29 is 19.3 Å². The minimum Gasteiger partial charge on any atom is -0.439 e. The van der Waals surface area contributed by atoms with E-state index < -0.39 is 6.10 Å². The standard InChI is InChI=1S/C29H39N3O4/c1-21(2)35-20-24(33)17-32(18-26-14-9-15-34-26)19-27-28(23-11-6-5-7-12-23)30-31(4)29(27)36-25-13-8-10-22(3)16-25/h5-8,10-13,16,21,24,26,33H,9,14-15,17-20H2,1-4H3. The van der Waals surface area contributed by atoms with Crippen LogP contribution in [0.5, 0.6) is 11.6 Å². The Kier molecular flexibility index (Phi) is 9.15. The summed E-state index contributed by atoms with van der Waals surface area (Å²) in [6, 6.07) is 18.2. The van der Waals surface area contributed by atoms with Gasteiger partial charge in [0.2, 0.25) is 5.88 Å². The summed E-state index contributed by atoms with van der Waals surface area (Å²) in [5, 5.41) is 15.7. The molecule has 0 bridgehead atoms. The van der Waals surface area contributed by atoms with Gasteiger partial charge in [0.25, 0.3) is 0 Å². The van der Waals surface area contributed by atoms with Crippen molar-refractivity contribution in [2.24, 2.45) is 7.05 Å². The number of hydrogen-bond donors (Lipinski definition) is 1. The molecule has 0 aliphatic carbocycles. The van der Waals surface area contributed by atoms with Gasteiger partial charge >= 0.3 is 0 Å². The summed E-state index contributed by atoms with van der Waals surface area (Å²) in [5.41, 5.74) is 4.03. The van der Waals surface area contributed by atoms with Gasteiger partial charge in [-0.05, 0) is 51.3 Å². The lowest BCUT2D eigenvalue weighted by atomic mass is 10.1. The Morgan fingerprint density at radius 2 is 1.97 bits per heavy atom. The number of ether oxygens (including phenoxy) is 3. The normalized spacial score (nSPS) is 16.7. The summed E-state index contributed by atoms with van der Waals surface area (Å²) in [6.07, 6.45) is 1.72. The number of aromatic nitrogens is 2. The molecule has 2 unspecified atom stereocenters. The Balaban J connectivity index is 1.66. The van der Waals surface area contributed by atoms with Crippen molar-refractivity contribution in [3.05, 3.63) is 65.7 Å². The third-order valence-electron chi connectivity index (χ3n) is 6.30. The van der Waals surface area contributed by atoms with Gasteiger partial charge in [-0.1, -0.05) is 42.5 Å². The first kappa shape index (κ1) is 26.4. The van der Waals surface area contributed by atoms with Gasteiger partial charge in [0, 0.05) is 38.9 Å². The fraction of sp³-hybridized carbons (Fsp3) is 0.483. The maximum atomic E-state index is 10.8. The molecule has 36 heavy (non-hydrogen) atoms. The number of aliphatic hydroxyl groups is 1. The van der Waals surface area contributed by atoms with Crippen molar-refractivity contribution in [2.45, 2.75) is 58.5 Å². The van der Waals surface area contributed by atoms with Crippen molar-refractivity contribution in [2.75, 3.05) is 26.3 Å². The smallest absolute Gasteiger partial charge is 0.222 e. The molecule has 0 amide bonds. The van der Waals surface area contributed by atoms with Crippen LogP contribution in [0.4, 0.5) is 0 Å². The predicted octanol–water partition coefficient (Wildman–Crippen LogP) is 4.95. The lowest BCUT2D eigenvalue weighted by Gasteiger charge is -2.28. The number of benzene rings is 2. The van der Waals surface area contributed by atoms with Gasteiger partial charge in [-0.3, -0.25) is 4.90 Å². The Morgan fingerprint density at radius 1 is 1.17 bits per heavy atom. The first-order valence-corrected chi connectivity index (χ1v) is 12.9. The van der Waals surface area contributed by atoms with E-state index in [0.717, 1.165) is 54.1 Å². The highest BCUT2D eigenvalue weighted by Gasteiger charge is 2.26. The highest BCUT2D eigenvalue weighted by atomic mass is 16.5. The van der Waals surface area contributed by atoms with Gasteiger partial charge in [-0.25, -0.2) is 4.68 Å². The second-order valence-electron chi connectivity index (χ2n) is 9.91. The molecule has 7 nitrogen and oxygen atoms in total. The molecule has 1 aliphatic heterocycles. The van der Waals surface area contributed by atoms with E-state index in [9.17, 15) is 5.11 Å². The second kappa shape index (κ2) is 12.5. The maximum absolute atomic E-state index is 10.8. The minimum absolute atomic E-state index is 0.0728. The van der Waals surface area contributed by atoms with Crippen molar-refractivity contribution in [1.82, 2.24) is 14.7 Å². The monoisotopic (exact) mass is 493 g/mol. The minimum atomic E-state index is -0.605. The molecular weight excluding hydrogens is 454 g/mol. The third kappa shape index (κ3) is 7.17. The van der Waals surface area contributed by atoms with E-state index in [2.05, 4.69) is 30.0 Å². The van der Waals surface area contributed by atoms with Crippen LogP contribution in [0.3, 0.4) is 0 Å². The molecule has 1 saturated heterocycles. The molecule has 2 heterocycles. The van der Waals surface area contributed by atoms with Crippen LogP contribution in [0.15, 0.2) is 54.6 Å². The molecule has 3 aromatic rings. The highest BCUT2D eigenvalue weighted by molar-refractivity contribution is 5.65. The van der Waals surface area contributed by atoms with Crippen LogP contribution in [-0.2, 0) is 23.1 Å². The van der Waals surface area contributed by atoms with Crippen LogP contribution >= 0.6 is 0 Å². The second-order valence-corrected chi connectivity index (χ2v) is 9.91. The van der Waals surface area contributed by atoms with Gasteiger partial charge in [-0.15, -0.1) is 0 Å². The van der Waals surface area contributed by atoms with Crippen LogP contribution in [0, 0.1) is 6.92 Å². The van der Waals surface area contributed by atoms with E-state index in [4.69, 9.17) is 19.3 Å². The van der Waals surface area contributed by atoms with Crippen LogP contribution in [0.1, 0.15) is 37.8 Å². The summed E-state index contributed by atoms with van der Waals surface area (Å²) in [4.78, 5) is 2.25. The van der Waals surface area contributed by atoms with E-state index in [0.29, 0.717) is 25.6 Å². The van der Waals surface area contributed by atoms with Crippen molar-refractivity contribution in [1.29, 1.82) is 0 Å². The molecule has 1 aliphatic rings. The molecule has 1 fully saturated rings. The summed E-state index contributed by atoms with van der Waals surface area (Å²) in [7, 11) is 1.91. The Morgan fingerprint density at radius 3 is 2.67 bits per heavy atom. The van der Waals surface area contributed by atoms with Crippen molar-refractivity contribution >= 4 is 0 Å². The van der Waals surface area contributed by atoms with E-state index in [1.54, 1.807) is 0 Å². The first-order valence-electron chi connectivity index (χ1n) is 12.9. The molecule has 4 rings (SSSR count). The van der Waals surface area contributed by atoms with E-state index in [1.165, 1.54) is 0 Å². The summed E-state index contributed by atoms with van der Waals surface area (Å²) in [5.74, 6) is 1.47. The SMILES string of the molecule is Cc1cccc(Oc2c(CN(CC(O)COC(C)C)CC3CCCO3)c(-c3ccccc3)nn2C)c1. The van der Waals surface area contributed by atoms with Gasteiger partial charge < -0.3 is 19.3 Å². The highest BCUT2D eigenvalue weighted by Crippen LogP contribution is 2.34. The largest absolute Gasteiger partial charge is 0.439 e. The molecular formula is C29H39N3O4. The van der Waals surface area contributed by atoms with Gasteiger partial charge in [0.15, 0.2) is 0 Å². The van der Waals surface area contributed by atoms with Crippen molar-refractivity contribution in [3.63, 3.8) is 0 Å². The molecule has 0 spiro atoms. The molecule has 1 aromatic heterocycles. The van der Waals surface area contributed by atoms with Crippen LogP contribution < -0.4 is 4.74 Å². The van der Waals surface area contributed by atoms with Crippen LogP contribution in [-0.4, -0.2) is 64.4 Å². The summed E-state index contributed by atoms with van der Waals surface area (Å²) in [6.45, 7) is 8.87. The molecule has 2 aromatic carbocycles. The molecule has 2 atom stereocenters. The van der Waals surface area contributed by atoms with E-state index in [1.807, 2.05) is 62.0 Å². The number of nitrogens with zero attached hydrogens (tertiary/aromatic N) is 3. The quantitative estimate of drug-likeness (QED) is 0.385. The predicted molar refractivity (Wildman–Crippen MR) is 141 cm³/mol. The number of rotatable bonds is 12. The Bertz CT molecular complexity index is 1090. The van der Waals surface area contributed by atoms with E-state index in [-0.39, 0.29) is 12.2 Å². The van der Waals surface area contributed by atoms with Gasteiger partial charge in [0.05, 0.1) is 30.5 Å². The summed E-state index contributed by atoms with van der Waals surface area (Å²) >= 11 is 0. The number of hydrogen-bond acceptors (Lipinski definition) is 6. The zero-order valence-electron chi connectivity index (χ0n) is 21.9. The lowest BCUT2D eigenvalue weighted by Crippen LogP contribution is -2.39. The topological polar surface area (TPSA) is 69.0 Å². The van der Waals surface area contributed by atoms with Crippen LogP contribution in [0.25, 0.3) is 11.3 Å².